The van der Waals surface area contributed by atoms with Gasteiger partial charge in [0.05, 0.1) is 6.10 Å². The summed E-state index contributed by atoms with van der Waals surface area (Å²) in [5.41, 5.74) is 0.356. The van der Waals surface area contributed by atoms with Gasteiger partial charge in [-0.3, -0.25) is 0 Å². The van der Waals surface area contributed by atoms with E-state index in [-0.39, 0.29) is 6.54 Å². The number of aliphatic hydroxyl groups excluding tert-OH is 1. The second-order valence-electron chi connectivity index (χ2n) is 12.7. The number of hydrogen-bond acceptors (Lipinski definition) is 9. The van der Waals surface area contributed by atoms with Crippen molar-refractivity contribution in [3.05, 3.63) is 78.9 Å². The highest BCUT2D eigenvalue weighted by atomic mass is 28.3. The van der Waals surface area contributed by atoms with Gasteiger partial charge in [0.15, 0.2) is 11.5 Å². The molecule has 1 saturated heterocycles. The van der Waals surface area contributed by atoms with Crippen LogP contribution >= 0.6 is 0 Å². The second kappa shape index (κ2) is 13.8. The molecule has 3 aromatic carbocycles. The van der Waals surface area contributed by atoms with Gasteiger partial charge in [0.1, 0.15) is 31.5 Å². The lowest BCUT2D eigenvalue weighted by Gasteiger charge is -2.55. The molecule has 0 saturated carbocycles. The molecule has 9 nitrogen and oxygen atoms in total. The molecule has 1 unspecified atom stereocenters. The molecule has 10 heteroatoms. The van der Waals surface area contributed by atoms with E-state index in [0.717, 1.165) is 16.1 Å². The van der Waals surface area contributed by atoms with Crippen molar-refractivity contribution in [2.24, 2.45) is 5.41 Å². The molecule has 0 aliphatic carbocycles. The highest BCUT2D eigenvalue weighted by Crippen LogP contribution is 2.44. The normalized spacial score (nSPS) is 26.3. The summed E-state index contributed by atoms with van der Waals surface area (Å²) in [5, 5.41) is 17.4. The van der Waals surface area contributed by atoms with E-state index >= 15 is 0 Å². The van der Waals surface area contributed by atoms with Gasteiger partial charge in [-0.05, 0) is 41.8 Å². The van der Waals surface area contributed by atoms with E-state index in [1.54, 1.807) is 28.1 Å². The van der Waals surface area contributed by atoms with E-state index in [1.165, 1.54) is 0 Å². The Morgan fingerprint density at radius 3 is 1.89 bits per heavy atom. The molecule has 1 fully saturated rings. The molecular weight excluding hydrogens is 590 g/mol. The number of nitrogens with one attached hydrogen (secondary N) is 1. The fourth-order valence-electron chi connectivity index (χ4n) is 5.70. The standard InChI is InChI=1S/C35H46NO8Si/c1-33(2,3)32(44-45(25-14-10-8-11-15-25)26-16-12-9-13-17-26)31-30(42-34(4,38-6)35(5,39-7)43-31)27(37)23-36-24-18-19-28-29(22-24)41-21-20-40-28/h8-19,22,27,30-32,36-37H,20-21,23H2,1-7H3/t27-,30-,31-,32?,34+,35+/m1/s1. The molecule has 1 radical (unpaired) electrons. The molecule has 6 atom stereocenters. The van der Waals surface area contributed by atoms with Crippen LogP contribution in [0.2, 0.25) is 0 Å². The van der Waals surface area contributed by atoms with Crippen LogP contribution in [-0.2, 0) is 23.4 Å². The highest BCUT2D eigenvalue weighted by molar-refractivity contribution is 6.80. The van der Waals surface area contributed by atoms with Crippen molar-refractivity contribution in [2.75, 3.05) is 39.3 Å². The Labute approximate surface area is 268 Å². The van der Waals surface area contributed by atoms with Crippen LogP contribution in [0.5, 0.6) is 11.5 Å². The zero-order valence-corrected chi connectivity index (χ0v) is 28.2. The maximum Gasteiger partial charge on any atom is 0.283 e. The van der Waals surface area contributed by atoms with Crippen LogP contribution < -0.4 is 25.2 Å². The van der Waals surface area contributed by atoms with Crippen LogP contribution in [-0.4, -0.2) is 84.1 Å². The smallest absolute Gasteiger partial charge is 0.283 e. The van der Waals surface area contributed by atoms with Crippen molar-refractivity contribution in [1.82, 2.24) is 0 Å². The van der Waals surface area contributed by atoms with E-state index in [4.69, 9.17) is 32.8 Å². The molecule has 243 valence electrons. The van der Waals surface area contributed by atoms with E-state index < -0.39 is 50.4 Å². The molecular formula is C35H46NO8Si. The number of methoxy groups -OCH3 is 2. The third kappa shape index (κ3) is 7.22. The lowest BCUT2D eigenvalue weighted by atomic mass is 9.82. The monoisotopic (exact) mass is 636 g/mol. The maximum absolute atomic E-state index is 11.8. The van der Waals surface area contributed by atoms with Gasteiger partial charge in [0.2, 0.25) is 11.6 Å². The van der Waals surface area contributed by atoms with Crippen LogP contribution in [0.4, 0.5) is 5.69 Å². The third-order valence-corrected chi connectivity index (χ3v) is 10.8. The molecule has 45 heavy (non-hydrogen) atoms. The average Bonchev–Trinajstić information content (AvgIpc) is 3.05. The Balaban J connectivity index is 1.48. The number of ether oxygens (including phenoxy) is 6. The fraction of sp³-hybridized carbons (Fsp3) is 0.486. The molecule has 0 bridgehead atoms. The number of anilines is 1. The number of rotatable bonds is 11. The van der Waals surface area contributed by atoms with Crippen molar-refractivity contribution < 1.29 is 38.0 Å². The van der Waals surface area contributed by atoms with Crippen molar-refractivity contribution in [2.45, 2.75) is 70.6 Å². The number of hydrogen-bond donors (Lipinski definition) is 2. The van der Waals surface area contributed by atoms with Crippen LogP contribution in [0, 0.1) is 5.41 Å². The Hall–Kier alpha value is -2.96. The molecule has 2 aliphatic heterocycles. The van der Waals surface area contributed by atoms with E-state index in [2.05, 4.69) is 50.4 Å². The molecule has 0 amide bonds. The fourth-order valence-corrected chi connectivity index (χ4v) is 8.04. The Bertz CT molecular complexity index is 1350. The molecule has 3 aromatic rings. The van der Waals surface area contributed by atoms with Crippen molar-refractivity contribution in [3.63, 3.8) is 0 Å². The number of benzene rings is 3. The number of fused-ring (bicyclic) bond motifs is 1. The average molecular weight is 637 g/mol. The first-order valence-corrected chi connectivity index (χ1v) is 16.8. The summed E-state index contributed by atoms with van der Waals surface area (Å²) in [6, 6.07) is 26.2. The Kier molecular flexibility index (Phi) is 10.2. The lowest BCUT2D eigenvalue weighted by molar-refractivity contribution is -0.460. The second-order valence-corrected chi connectivity index (χ2v) is 14.8. The minimum Gasteiger partial charge on any atom is -0.486 e. The van der Waals surface area contributed by atoms with Crippen LogP contribution in [0.3, 0.4) is 0 Å². The van der Waals surface area contributed by atoms with E-state index in [0.29, 0.717) is 24.7 Å². The predicted octanol–water partition coefficient (Wildman–Crippen LogP) is 3.98. The molecule has 2 N–H and O–H groups in total. The summed E-state index contributed by atoms with van der Waals surface area (Å²) >= 11 is 0. The van der Waals surface area contributed by atoms with Crippen molar-refractivity contribution >= 4 is 25.1 Å². The van der Waals surface area contributed by atoms with Gasteiger partial charge in [-0.25, -0.2) is 0 Å². The SMILES string of the molecule is CO[C@@]1(C)O[C@H]([C@H](O)CNc2ccc3c(c2)OCCO3)[C@H](C(O[Si](c2ccccc2)c2ccccc2)C(C)(C)C)O[C@]1(C)OC. The zero-order chi connectivity index (χ0) is 32.2. The minimum atomic E-state index is -1.75. The van der Waals surface area contributed by atoms with Gasteiger partial charge in [-0.2, -0.15) is 0 Å². The van der Waals surface area contributed by atoms with E-state index in [1.807, 2.05) is 54.6 Å². The summed E-state index contributed by atoms with van der Waals surface area (Å²) < 4.78 is 43.9. The van der Waals surface area contributed by atoms with Gasteiger partial charge >= 0.3 is 0 Å². The molecule has 0 spiro atoms. The largest absolute Gasteiger partial charge is 0.486 e. The van der Waals surface area contributed by atoms with Crippen molar-refractivity contribution in [1.29, 1.82) is 0 Å². The summed E-state index contributed by atoms with van der Waals surface area (Å²) in [6.07, 6.45) is -3.11. The Morgan fingerprint density at radius 1 is 0.822 bits per heavy atom. The summed E-state index contributed by atoms with van der Waals surface area (Å²) in [5.74, 6) is -1.26. The first kappa shape index (κ1) is 33.4. The molecule has 5 rings (SSSR count). The molecule has 2 heterocycles. The Morgan fingerprint density at radius 2 is 1.36 bits per heavy atom. The first-order valence-electron chi connectivity index (χ1n) is 15.4. The van der Waals surface area contributed by atoms with Crippen molar-refractivity contribution in [3.8, 4) is 11.5 Å². The number of aliphatic hydroxyl groups is 1. The third-order valence-electron chi connectivity index (χ3n) is 8.56. The van der Waals surface area contributed by atoms with Crippen LogP contribution in [0.1, 0.15) is 34.6 Å². The van der Waals surface area contributed by atoms with Gasteiger partial charge in [0, 0.05) is 32.5 Å². The molecule has 0 aromatic heterocycles. The van der Waals surface area contributed by atoms with Gasteiger partial charge in [-0.1, -0.05) is 81.4 Å². The lowest BCUT2D eigenvalue weighted by Crippen LogP contribution is -2.71. The van der Waals surface area contributed by atoms with Crippen LogP contribution in [0.25, 0.3) is 0 Å². The zero-order valence-electron chi connectivity index (χ0n) is 27.2. The summed E-state index contributed by atoms with van der Waals surface area (Å²) in [4.78, 5) is 0. The van der Waals surface area contributed by atoms with Gasteiger partial charge < -0.3 is 43.3 Å². The quantitative estimate of drug-likeness (QED) is 0.303. The predicted molar refractivity (Wildman–Crippen MR) is 175 cm³/mol. The summed E-state index contributed by atoms with van der Waals surface area (Å²) in [7, 11) is 1.36. The maximum atomic E-state index is 11.8. The summed E-state index contributed by atoms with van der Waals surface area (Å²) in [6.45, 7) is 11.1. The first-order chi connectivity index (χ1) is 21.5. The van der Waals surface area contributed by atoms with Gasteiger partial charge in [0.25, 0.3) is 9.04 Å². The van der Waals surface area contributed by atoms with E-state index in [9.17, 15) is 5.11 Å². The topological polar surface area (TPSA) is 96.9 Å². The highest BCUT2D eigenvalue weighted by Gasteiger charge is 2.60. The minimum absolute atomic E-state index is 0.166. The van der Waals surface area contributed by atoms with Crippen LogP contribution in [0.15, 0.2) is 78.9 Å². The molecule has 2 aliphatic rings. The van der Waals surface area contributed by atoms with Gasteiger partial charge in [-0.15, -0.1) is 0 Å².